The average Bonchev–Trinajstić information content (AvgIpc) is 2.36. The van der Waals surface area contributed by atoms with Gasteiger partial charge in [-0.25, -0.2) is 9.97 Å². The summed E-state index contributed by atoms with van der Waals surface area (Å²) in [6, 6.07) is 1.76. The molecule has 0 aromatic carbocycles. The number of primary amides is 1. The summed E-state index contributed by atoms with van der Waals surface area (Å²) < 4.78 is 5.01. The molecule has 0 bridgehead atoms. The highest BCUT2D eigenvalue weighted by atomic mass is 16.5. The predicted octanol–water partition coefficient (Wildman–Crippen LogP) is 0.588. The third kappa shape index (κ3) is 4.36. The molecule has 0 saturated carbocycles. The van der Waals surface area contributed by atoms with E-state index in [1.807, 2.05) is 0 Å². The molecule has 4 N–H and O–H groups in total. The molecule has 0 aliphatic carbocycles. The quantitative estimate of drug-likeness (QED) is 0.668. The number of nitrogens with one attached hydrogen (secondary N) is 2. The Morgan fingerprint density at radius 2 is 2.05 bits per heavy atom. The number of anilines is 2. The molecule has 7 nitrogen and oxygen atoms in total. The molecule has 0 radical (unpaired) electrons. The number of carbonyl (C=O) groups excluding carboxylic acids is 1. The maximum Gasteiger partial charge on any atom is 0.224 e. The molecule has 1 rings (SSSR count). The molecule has 106 valence electrons. The molecule has 1 heterocycles. The van der Waals surface area contributed by atoms with Gasteiger partial charge in [-0.3, -0.25) is 4.79 Å². The topological polar surface area (TPSA) is 102 Å². The van der Waals surface area contributed by atoms with Crippen molar-refractivity contribution < 1.29 is 9.53 Å². The minimum Gasteiger partial charge on any atom is -0.377 e. The second-order valence-corrected chi connectivity index (χ2v) is 4.84. The molecule has 0 spiro atoms. The molecule has 0 atom stereocenters. The Morgan fingerprint density at radius 1 is 1.42 bits per heavy atom. The van der Waals surface area contributed by atoms with Crippen molar-refractivity contribution in [3.63, 3.8) is 0 Å². The summed E-state index contributed by atoms with van der Waals surface area (Å²) in [6.07, 6.45) is 0. The minimum atomic E-state index is -0.647. The lowest BCUT2D eigenvalue weighted by Gasteiger charge is -2.21. The number of nitrogens with zero attached hydrogens (tertiary/aromatic N) is 2. The highest BCUT2D eigenvalue weighted by molar-refractivity contribution is 5.80. The Kier molecular flexibility index (Phi) is 5.05. The SMILES string of the molecule is CNc1cc(NCC(C)(C)C(N)=O)nc(COC)n1. The van der Waals surface area contributed by atoms with Gasteiger partial charge < -0.3 is 21.1 Å². The number of hydrogen-bond acceptors (Lipinski definition) is 6. The van der Waals surface area contributed by atoms with Crippen LogP contribution in [0.25, 0.3) is 0 Å². The van der Waals surface area contributed by atoms with Crippen LogP contribution in [-0.2, 0) is 16.1 Å². The monoisotopic (exact) mass is 267 g/mol. The number of ether oxygens (including phenoxy) is 1. The fourth-order valence-corrected chi connectivity index (χ4v) is 1.31. The van der Waals surface area contributed by atoms with Gasteiger partial charge in [0, 0.05) is 26.8 Å². The van der Waals surface area contributed by atoms with Crippen molar-refractivity contribution in [1.29, 1.82) is 0 Å². The molecule has 1 aromatic heterocycles. The molecule has 0 fully saturated rings. The van der Waals surface area contributed by atoms with E-state index >= 15 is 0 Å². The Morgan fingerprint density at radius 3 is 2.58 bits per heavy atom. The third-order valence-electron chi connectivity index (χ3n) is 2.68. The van der Waals surface area contributed by atoms with Crippen molar-refractivity contribution >= 4 is 17.5 Å². The van der Waals surface area contributed by atoms with Gasteiger partial charge in [0.2, 0.25) is 5.91 Å². The van der Waals surface area contributed by atoms with E-state index in [1.54, 1.807) is 34.1 Å². The standard InChI is InChI=1S/C12H21N5O2/c1-12(2,11(13)18)7-15-9-5-8(14-3)16-10(17-9)6-19-4/h5H,6-7H2,1-4H3,(H2,13,18)(H2,14,15,16,17). The van der Waals surface area contributed by atoms with Crippen LogP contribution in [0.1, 0.15) is 19.7 Å². The van der Waals surface area contributed by atoms with Crippen molar-refractivity contribution in [3.8, 4) is 0 Å². The molecule has 0 saturated heterocycles. The van der Waals surface area contributed by atoms with Crippen molar-refractivity contribution in [2.24, 2.45) is 11.1 Å². The maximum absolute atomic E-state index is 11.3. The molecule has 19 heavy (non-hydrogen) atoms. The Bertz CT molecular complexity index is 448. The fraction of sp³-hybridized carbons (Fsp3) is 0.583. The molecule has 7 heteroatoms. The van der Waals surface area contributed by atoms with Gasteiger partial charge in [0.25, 0.3) is 0 Å². The smallest absolute Gasteiger partial charge is 0.224 e. The number of carbonyl (C=O) groups is 1. The van der Waals surface area contributed by atoms with E-state index in [-0.39, 0.29) is 5.91 Å². The lowest BCUT2D eigenvalue weighted by molar-refractivity contribution is -0.125. The van der Waals surface area contributed by atoms with Crippen LogP contribution in [0.5, 0.6) is 0 Å². The van der Waals surface area contributed by atoms with Crippen molar-refractivity contribution in [2.75, 3.05) is 31.3 Å². The van der Waals surface area contributed by atoms with Crippen molar-refractivity contribution in [1.82, 2.24) is 9.97 Å². The first-order valence-electron chi connectivity index (χ1n) is 5.97. The van der Waals surface area contributed by atoms with Crippen LogP contribution in [0.4, 0.5) is 11.6 Å². The summed E-state index contributed by atoms with van der Waals surface area (Å²) in [7, 11) is 3.36. The number of amides is 1. The van der Waals surface area contributed by atoms with Gasteiger partial charge >= 0.3 is 0 Å². The van der Waals surface area contributed by atoms with Crippen LogP contribution in [0.15, 0.2) is 6.07 Å². The average molecular weight is 267 g/mol. The highest BCUT2D eigenvalue weighted by Gasteiger charge is 2.24. The number of methoxy groups -OCH3 is 1. The first-order valence-corrected chi connectivity index (χ1v) is 5.97. The van der Waals surface area contributed by atoms with E-state index in [9.17, 15) is 4.79 Å². The van der Waals surface area contributed by atoms with Crippen molar-refractivity contribution in [3.05, 3.63) is 11.9 Å². The molecule has 0 aliphatic heterocycles. The number of rotatable bonds is 7. The predicted molar refractivity (Wildman–Crippen MR) is 73.8 cm³/mol. The van der Waals surface area contributed by atoms with Crippen LogP contribution in [0, 0.1) is 5.41 Å². The van der Waals surface area contributed by atoms with E-state index in [1.165, 1.54) is 0 Å². The lowest BCUT2D eigenvalue weighted by atomic mass is 9.93. The molecular weight excluding hydrogens is 246 g/mol. The van der Waals surface area contributed by atoms with Gasteiger partial charge in [0.1, 0.15) is 18.2 Å². The second kappa shape index (κ2) is 6.33. The van der Waals surface area contributed by atoms with Crippen LogP contribution >= 0.6 is 0 Å². The van der Waals surface area contributed by atoms with Gasteiger partial charge in [0.05, 0.1) is 5.41 Å². The summed E-state index contributed by atoms with van der Waals surface area (Å²) in [4.78, 5) is 19.8. The molecule has 0 unspecified atom stereocenters. The molecule has 0 aliphatic rings. The van der Waals surface area contributed by atoms with Gasteiger partial charge in [0.15, 0.2) is 5.82 Å². The molecule has 1 amide bonds. The normalized spacial score (nSPS) is 11.2. The van der Waals surface area contributed by atoms with Crippen LogP contribution in [0.2, 0.25) is 0 Å². The first kappa shape index (κ1) is 15.2. The van der Waals surface area contributed by atoms with E-state index in [0.717, 1.165) is 0 Å². The van der Waals surface area contributed by atoms with E-state index in [0.29, 0.717) is 30.6 Å². The number of nitrogens with two attached hydrogens (primary N) is 1. The Labute approximate surface area is 113 Å². The highest BCUT2D eigenvalue weighted by Crippen LogP contribution is 2.17. The fourth-order valence-electron chi connectivity index (χ4n) is 1.31. The second-order valence-electron chi connectivity index (χ2n) is 4.84. The lowest BCUT2D eigenvalue weighted by Crippen LogP contribution is -2.37. The molecule has 1 aromatic rings. The van der Waals surface area contributed by atoms with E-state index in [2.05, 4.69) is 20.6 Å². The number of hydrogen-bond donors (Lipinski definition) is 3. The van der Waals surface area contributed by atoms with E-state index < -0.39 is 5.41 Å². The molecular formula is C12H21N5O2. The maximum atomic E-state index is 11.3. The first-order chi connectivity index (χ1) is 8.89. The largest absolute Gasteiger partial charge is 0.377 e. The van der Waals surface area contributed by atoms with Gasteiger partial charge in [-0.05, 0) is 13.8 Å². The summed E-state index contributed by atoms with van der Waals surface area (Å²) in [5, 5.41) is 6.04. The van der Waals surface area contributed by atoms with Gasteiger partial charge in [-0.1, -0.05) is 0 Å². The summed E-state index contributed by atoms with van der Waals surface area (Å²) in [5.41, 5.74) is 4.68. The third-order valence-corrected chi connectivity index (χ3v) is 2.68. The van der Waals surface area contributed by atoms with Crippen LogP contribution < -0.4 is 16.4 Å². The zero-order valence-electron chi connectivity index (χ0n) is 11.8. The van der Waals surface area contributed by atoms with Crippen molar-refractivity contribution in [2.45, 2.75) is 20.5 Å². The summed E-state index contributed by atoms with van der Waals surface area (Å²) >= 11 is 0. The van der Waals surface area contributed by atoms with Gasteiger partial charge in [-0.2, -0.15) is 0 Å². The Hall–Kier alpha value is -1.89. The summed E-state index contributed by atoms with van der Waals surface area (Å²) in [6.45, 7) is 4.27. The Balaban J connectivity index is 2.82. The van der Waals surface area contributed by atoms with E-state index in [4.69, 9.17) is 10.5 Å². The zero-order valence-corrected chi connectivity index (χ0v) is 11.8. The number of aromatic nitrogens is 2. The summed E-state index contributed by atoms with van der Waals surface area (Å²) in [5.74, 6) is 1.51. The van der Waals surface area contributed by atoms with Crippen LogP contribution in [0.3, 0.4) is 0 Å². The van der Waals surface area contributed by atoms with Crippen LogP contribution in [-0.4, -0.2) is 36.6 Å². The zero-order chi connectivity index (χ0) is 14.5. The van der Waals surface area contributed by atoms with Gasteiger partial charge in [-0.15, -0.1) is 0 Å². The minimum absolute atomic E-state index is 0.323.